The molecule has 38 heavy (non-hydrogen) atoms. The number of unbranched alkanes of at least 4 members (excludes halogenated alkanes) is 1. The molecule has 1 aliphatic heterocycles. The highest BCUT2D eigenvalue weighted by Crippen LogP contribution is 2.32. The summed E-state index contributed by atoms with van der Waals surface area (Å²) >= 11 is 0. The molecule has 0 aliphatic carbocycles. The maximum Gasteiger partial charge on any atom is 0.363 e. The molecule has 0 spiro atoms. The number of carbonyl (C=O) groups is 2. The predicted molar refractivity (Wildman–Crippen MR) is 143 cm³/mol. The molecule has 0 bridgehead atoms. The van der Waals surface area contributed by atoms with Crippen molar-refractivity contribution in [3.63, 3.8) is 0 Å². The number of cyclic esters (lactones) is 1. The summed E-state index contributed by atoms with van der Waals surface area (Å²) in [6.45, 7) is 4.93. The van der Waals surface area contributed by atoms with Gasteiger partial charge in [0.15, 0.2) is 17.2 Å². The van der Waals surface area contributed by atoms with Crippen LogP contribution in [0.1, 0.15) is 48.2 Å². The summed E-state index contributed by atoms with van der Waals surface area (Å²) < 4.78 is 27.6. The van der Waals surface area contributed by atoms with Gasteiger partial charge in [0.2, 0.25) is 5.90 Å². The first-order valence-electron chi connectivity index (χ1n) is 12.4. The molecule has 0 N–H and O–H groups in total. The Kier molecular flexibility index (Phi) is 8.77. The molecule has 3 aromatic rings. The Balaban J connectivity index is 1.52. The van der Waals surface area contributed by atoms with Crippen LogP contribution in [0.4, 0.5) is 0 Å². The SMILES string of the molecule is CCCCOc1ccc(C2=NC(=Cc3ccc(OC(=O)c4ccccc4OC)c(OCC)c3)C(=O)O2)cc1. The topological polar surface area (TPSA) is 92.7 Å². The number of hydrogen-bond acceptors (Lipinski definition) is 8. The van der Waals surface area contributed by atoms with Crippen LogP contribution >= 0.6 is 0 Å². The minimum Gasteiger partial charge on any atom is -0.496 e. The molecule has 0 saturated heterocycles. The van der Waals surface area contributed by atoms with E-state index in [0.717, 1.165) is 18.6 Å². The van der Waals surface area contributed by atoms with E-state index in [9.17, 15) is 9.59 Å². The maximum atomic E-state index is 12.8. The second-order valence-corrected chi connectivity index (χ2v) is 8.29. The first-order chi connectivity index (χ1) is 18.5. The number of aliphatic imine (C=N–C) groups is 1. The van der Waals surface area contributed by atoms with E-state index >= 15 is 0 Å². The van der Waals surface area contributed by atoms with Crippen molar-refractivity contribution in [3.8, 4) is 23.0 Å². The van der Waals surface area contributed by atoms with Crippen molar-refractivity contribution in [1.82, 2.24) is 0 Å². The number of nitrogens with zero attached hydrogens (tertiary/aromatic N) is 1. The molecule has 3 aromatic carbocycles. The third kappa shape index (κ3) is 6.39. The number of para-hydroxylation sites is 1. The quantitative estimate of drug-likeness (QED) is 0.137. The molecule has 196 valence electrons. The van der Waals surface area contributed by atoms with E-state index in [1.165, 1.54) is 7.11 Å². The Hall–Kier alpha value is -4.59. The van der Waals surface area contributed by atoms with Gasteiger partial charge in [-0.25, -0.2) is 14.6 Å². The molecule has 0 fully saturated rings. The van der Waals surface area contributed by atoms with Crippen LogP contribution in [-0.4, -0.2) is 38.2 Å². The summed E-state index contributed by atoms with van der Waals surface area (Å²) in [7, 11) is 1.49. The summed E-state index contributed by atoms with van der Waals surface area (Å²) in [6, 6.07) is 19.0. The molecule has 0 saturated carbocycles. The first kappa shape index (κ1) is 26.5. The largest absolute Gasteiger partial charge is 0.496 e. The Morgan fingerprint density at radius 3 is 2.47 bits per heavy atom. The average Bonchev–Trinajstić information content (AvgIpc) is 3.30. The molecular weight excluding hydrogens is 486 g/mol. The van der Waals surface area contributed by atoms with Crippen molar-refractivity contribution in [2.75, 3.05) is 20.3 Å². The van der Waals surface area contributed by atoms with Crippen LogP contribution in [0.5, 0.6) is 23.0 Å². The van der Waals surface area contributed by atoms with Gasteiger partial charge in [0.05, 0.1) is 20.3 Å². The fraction of sp³-hybridized carbons (Fsp3) is 0.233. The molecule has 0 radical (unpaired) electrons. The number of carbonyl (C=O) groups excluding carboxylic acids is 2. The first-order valence-corrected chi connectivity index (χ1v) is 12.4. The molecule has 0 unspecified atom stereocenters. The number of hydrogen-bond donors (Lipinski definition) is 0. The lowest BCUT2D eigenvalue weighted by Crippen LogP contribution is -2.11. The summed E-state index contributed by atoms with van der Waals surface area (Å²) in [5.74, 6) is 0.817. The number of benzene rings is 3. The summed E-state index contributed by atoms with van der Waals surface area (Å²) in [5.41, 5.74) is 1.73. The lowest BCUT2D eigenvalue weighted by molar-refractivity contribution is -0.129. The molecule has 8 heteroatoms. The normalized spacial score (nSPS) is 13.6. The van der Waals surface area contributed by atoms with E-state index in [-0.39, 0.29) is 17.3 Å². The number of esters is 2. The maximum absolute atomic E-state index is 12.8. The van der Waals surface area contributed by atoms with Crippen LogP contribution in [0.25, 0.3) is 6.08 Å². The molecule has 0 atom stereocenters. The van der Waals surface area contributed by atoms with Crippen LogP contribution in [0.15, 0.2) is 77.4 Å². The van der Waals surface area contributed by atoms with Gasteiger partial charge >= 0.3 is 11.9 Å². The molecule has 8 nitrogen and oxygen atoms in total. The van der Waals surface area contributed by atoms with Crippen LogP contribution in [0.3, 0.4) is 0 Å². The third-order valence-corrected chi connectivity index (χ3v) is 5.59. The number of rotatable bonds is 11. The van der Waals surface area contributed by atoms with Crippen molar-refractivity contribution in [2.45, 2.75) is 26.7 Å². The Morgan fingerprint density at radius 2 is 1.74 bits per heavy atom. The zero-order chi connectivity index (χ0) is 26.9. The van der Waals surface area contributed by atoms with Crippen LogP contribution in [0, 0.1) is 0 Å². The minimum atomic E-state index is -0.579. The fourth-order valence-corrected chi connectivity index (χ4v) is 3.65. The van der Waals surface area contributed by atoms with E-state index in [4.69, 9.17) is 23.7 Å². The van der Waals surface area contributed by atoms with Crippen molar-refractivity contribution < 1.29 is 33.3 Å². The van der Waals surface area contributed by atoms with Crippen molar-refractivity contribution >= 4 is 23.9 Å². The van der Waals surface area contributed by atoms with Gasteiger partial charge < -0.3 is 23.7 Å². The second-order valence-electron chi connectivity index (χ2n) is 8.29. The monoisotopic (exact) mass is 515 g/mol. The van der Waals surface area contributed by atoms with Crippen molar-refractivity contribution in [3.05, 3.63) is 89.1 Å². The second kappa shape index (κ2) is 12.6. The van der Waals surface area contributed by atoms with Gasteiger partial charge in [-0.3, -0.25) is 0 Å². The highest BCUT2D eigenvalue weighted by molar-refractivity contribution is 6.12. The molecule has 1 heterocycles. The van der Waals surface area contributed by atoms with Crippen LogP contribution in [0.2, 0.25) is 0 Å². The van der Waals surface area contributed by atoms with Gasteiger partial charge in [0, 0.05) is 5.56 Å². The van der Waals surface area contributed by atoms with Gasteiger partial charge in [-0.05, 0) is 73.5 Å². The van der Waals surface area contributed by atoms with E-state index in [0.29, 0.717) is 41.4 Å². The highest BCUT2D eigenvalue weighted by atomic mass is 16.6. The summed E-state index contributed by atoms with van der Waals surface area (Å²) in [6.07, 6.45) is 3.63. The van der Waals surface area contributed by atoms with Crippen LogP contribution < -0.4 is 18.9 Å². The smallest absolute Gasteiger partial charge is 0.363 e. The molecule has 4 rings (SSSR count). The predicted octanol–water partition coefficient (Wildman–Crippen LogP) is 5.84. The Labute approximate surface area is 221 Å². The fourth-order valence-electron chi connectivity index (χ4n) is 3.65. The van der Waals surface area contributed by atoms with Crippen molar-refractivity contribution in [2.24, 2.45) is 4.99 Å². The lowest BCUT2D eigenvalue weighted by atomic mass is 10.1. The number of ether oxygens (including phenoxy) is 5. The minimum absolute atomic E-state index is 0.143. The van der Waals surface area contributed by atoms with Gasteiger partial charge in [-0.2, -0.15) is 0 Å². The van der Waals surface area contributed by atoms with E-state index in [1.54, 1.807) is 60.7 Å². The van der Waals surface area contributed by atoms with E-state index in [2.05, 4.69) is 11.9 Å². The highest BCUT2D eigenvalue weighted by Gasteiger charge is 2.24. The zero-order valence-corrected chi connectivity index (χ0v) is 21.6. The van der Waals surface area contributed by atoms with Gasteiger partial charge in [0.1, 0.15) is 17.1 Å². The van der Waals surface area contributed by atoms with Crippen LogP contribution in [-0.2, 0) is 9.53 Å². The zero-order valence-electron chi connectivity index (χ0n) is 21.6. The third-order valence-electron chi connectivity index (χ3n) is 5.59. The average molecular weight is 516 g/mol. The molecule has 0 aromatic heterocycles. The standard InChI is InChI=1S/C30H29NO7/c1-4-6-17-36-22-14-12-21(13-15-22)28-31-24(30(33)38-28)18-20-11-16-26(27(19-20)35-5-2)37-29(32)23-9-7-8-10-25(23)34-3/h7-16,18-19H,4-6,17H2,1-3H3. The molecular formula is C30H29NO7. The summed E-state index contributed by atoms with van der Waals surface area (Å²) in [4.78, 5) is 29.6. The number of methoxy groups -OCH3 is 1. The van der Waals surface area contributed by atoms with E-state index in [1.807, 2.05) is 19.1 Å². The van der Waals surface area contributed by atoms with Gasteiger partial charge in [-0.15, -0.1) is 0 Å². The van der Waals surface area contributed by atoms with E-state index < -0.39 is 11.9 Å². The summed E-state index contributed by atoms with van der Waals surface area (Å²) in [5, 5.41) is 0. The Bertz CT molecular complexity index is 1360. The van der Waals surface area contributed by atoms with Gasteiger partial charge in [0.25, 0.3) is 0 Å². The van der Waals surface area contributed by atoms with Gasteiger partial charge in [-0.1, -0.05) is 31.5 Å². The Morgan fingerprint density at radius 1 is 0.947 bits per heavy atom. The van der Waals surface area contributed by atoms with Crippen molar-refractivity contribution in [1.29, 1.82) is 0 Å². The molecule has 1 aliphatic rings. The lowest BCUT2D eigenvalue weighted by Gasteiger charge is -2.12. The molecule has 0 amide bonds.